The number of allylic oxidation sites excluding steroid dienone is 3. The summed E-state index contributed by atoms with van der Waals surface area (Å²) in [7, 11) is 0. The van der Waals surface area contributed by atoms with Crippen LogP contribution in [0.4, 0.5) is 0 Å². The molecule has 8 heteroatoms. The van der Waals surface area contributed by atoms with Crippen LogP contribution < -0.4 is 0 Å². The lowest BCUT2D eigenvalue weighted by molar-refractivity contribution is -0.136. The smallest absolute Gasteiger partial charge is 0.331 e. The highest BCUT2D eigenvalue weighted by atomic mass is 16.5. The van der Waals surface area contributed by atoms with Crippen LogP contribution in [0, 0.1) is 0 Å². The molecular weight excluding hydrogens is 488 g/mol. The summed E-state index contributed by atoms with van der Waals surface area (Å²) in [5, 5.41) is 47.8. The number of carbonyl (C=O) groups is 2. The molecule has 0 heterocycles. The van der Waals surface area contributed by atoms with E-state index >= 15 is 0 Å². The van der Waals surface area contributed by atoms with E-state index in [4.69, 9.17) is 4.74 Å². The predicted molar refractivity (Wildman–Crippen MR) is 145 cm³/mol. The number of carbonyl (C=O) groups excluding carboxylic acids is 1. The van der Waals surface area contributed by atoms with E-state index in [0.717, 1.165) is 16.7 Å². The summed E-state index contributed by atoms with van der Waals surface area (Å²) >= 11 is 0. The number of ether oxygens (including phenoxy) is 1. The average Bonchev–Trinajstić information content (AvgIpc) is 2.89. The van der Waals surface area contributed by atoms with Gasteiger partial charge in [-0.05, 0) is 92.1 Å². The molecule has 2 aromatic carbocycles. The van der Waals surface area contributed by atoms with E-state index in [1.807, 2.05) is 19.1 Å². The van der Waals surface area contributed by atoms with E-state index < -0.39 is 11.9 Å². The van der Waals surface area contributed by atoms with Crippen molar-refractivity contribution in [1.29, 1.82) is 0 Å². The van der Waals surface area contributed by atoms with Crippen molar-refractivity contribution in [3.05, 3.63) is 94.6 Å². The van der Waals surface area contributed by atoms with E-state index in [9.17, 15) is 35.1 Å². The van der Waals surface area contributed by atoms with Crippen molar-refractivity contribution in [1.82, 2.24) is 0 Å². The second-order valence-corrected chi connectivity index (χ2v) is 8.73. The highest BCUT2D eigenvalue weighted by molar-refractivity contribution is 5.87. The normalized spacial score (nSPS) is 12.6. The number of benzene rings is 2. The first-order valence-electron chi connectivity index (χ1n) is 12.2. The summed E-state index contributed by atoms with van der Waals surface area (Å²) < 4.78 is 5.22. The number of phenols is 3. The number of aliphatic carboxylic acids is 1. The molecule has 0 aliphatic rings. The molecule has 0 amide bonds. The van der Waals surface area contributed by atoms with Gasteiger partial charge >= 0.3 is 11.9 Å². The number of rotatable bonds is 14. The second-order valence-electron chi connectivity index (χ2n) is 8.73. The van der Waals surface area contributed by atoms with Crippen LogP contribution in [-0.4, -0.2) is 50.7 Å². The van der Waals surface area contributed by atoms with Crippen LogP contribution in [-0.2, 0) is 20.7 Å². The number of aliphatic hydroxyl groups excluding tert-OH is 1. The summed E-state index contributed by atoms with van der Waals surface area (Å²) in [6.45, 7) is 1.83. The van der Waals surface area contributed by atoms with E-state index in [1.165, 1.54) is 42.5 Å². The fraction of sp³-hybridized carbons (Fsp3) is 0.267. The van der Waals surface area contributed by atoms with Gasteiger partial charge < -0.3 is 30.3 Å². The molecule has 0 aromatic heterocycles. The third-order valence-corrected chi connectivity index (χ3v) is 5.66. The standard InChI is InChI=1S/C30H34O8/c1-21(20-38-29(35)17-10-22-8-13-26(32)14-9-22)4-2-5-23(19-31)6-3-7-24(30(36)37)11-12-25-18-27(33)15-16-28(25)34/h4,6,8-11,13-18,31-34H,2-3,5,7,12,19-20H2,1H3,(H,36,37)/b17-10+,21-4+,23-6-,24-11-. The molecule has 0 bridgehead atoms. The minimum absolute atomic E-state index is 0.0107. The Labute approximate surface area is 222 Å². The molecule has 0 aliphatic carbocycles. The molecule has 0 atom stereocenters. The van der Waals surface area contributed by atoms with Crippen molar-refractivity contribution in [3.63, 3.8) is 0 Å². The van der Waals surface area contributed by atoms with E-state index in [1.54, 1.807) is 18.2 Å². The summed E-state index contributed by atoms with van der Waals surface area (Å²) in [4.78, 5) is 23.5. The van der Waals surface area contributed by atoms with Gasteiger partial charge in [-0.15, -0.1) is 0 Å². The number of aliphatic hydroxyl groups is 1. The Balaban J connectivity index is 1.80. The fourth-order valence-corrected chi connectivity index (χ4v) is 3.49. The molecule has 0 spiro atoms. The molecule has 2 rings (SSSR count). The number of esters is 1. The molecule has 8 nitrogen and oxygen atoms in total. The maximum atomic E-state index is 11.9. The molecule has 0 aliphatic heterocycles. The summed E-state index contributed by atoms with van der Waals surface area (Å²) in [5.41, 5.74) is 3.00. The Morgan fingerprint density at radius 1 is 0.895 bits per heavy atom. The van der Waals surface area contributed by atoms with Gasteiger partial charge in [-0.25, -0.2) is 9.59 Å². The van der Waals surface area contributed by atoms with Crippen LogP contribution in [0.2, 0.25) is 0 Å². The highest BCUT2D eigenvalue weighted by Crippen LogP contribution is 2.23. The van der Waals surface area contributed by atoms with Crippen LogP contribution in [0.3, 0.4) is 0 Å². The lowest BCUT2D eigenvalue weighted by Crippen LogP contribution is -2.03. The number of hydrogen-bond donors (Lipinski definition) is 5. The maximum Gasteiger partial charge on any atom is 0.331 e. The van der Waals surface area contributed by atoms with Crippen LogP contribution in [0.5, 0.6) is 17.2 Å². The maximum absolute atomic E-state index is 11.9. The number of aromatic hydroxyl groups is 3. The predicted octanol–water partition coefficient (Wildman–Crippen LogP) is 5.04. The van der Waals surface area contributed by atoms with Crippen molar-refractivity contribution in [2.24, 2.45) is 0 Å². The van der Waals surface area contributed by atoms with Crippen LogP contribution >= 0.6 is 0 Å². The van der Waals surface area contributed by atoms with Gasteiger partial charge in [0.2, 0.25) is 0 Å². The quantitative estimate of drug-likeness (QED) is 0.100. The van der Waals surface area contributed by atoms with Gasteiger partial charge in [0.1, 0.15) is 23.9 Å². The topological polar surface area (TPSA) is 145 Å². The van der Waals surface area contributed by atoms with Crippen molar-refractivity contribution in [3.8, 4) is 17.2 Å². The minimum Gasteiger partial charge on any atom is -0.508 e. The van der Waals surface area contributed by atoms with Gasteiger partial charge in [0.05, 0.1) is 6.61 Å². The second kappa shape index (κ2) is 15.7. The molecule has 5 N–H and O–H groups in total. The zero-order valence-corrected chi connectivity index (χ0v) is 21.3. The van der Waals surface area contributed by atoms with Crippen molar-refractivity contribution >= 4 is 18.0 Å². The Bertz CT molecular complexity index is 1200. The first kappa shape index (κ1) is 29.9. The molecule has 2 aromatic rings. The lowest BCUT2D eigenvalue weighted by Gasteiger charge is -2.06. The molecule has 0 saturated carbocycles. The molecule has 202 valence electrons. The number of hydrogen-bond acceptors (Lipinski definition) is 7. The third kappa shape index (κ3) is 11.2. The Kier molecular flexibility index (Phi) is 12.4. The van der Waals surface area contributed by atoms with Gasteiger partial charge in [0, 0.05) is 17.2 Å². The Hall–Kier alpha value is -4.30. The van der Waals surface area contributed by atoms with E-state index in [0.29, 0.717) is 24.8 Å². The summed E-state index contributed by atoms with van der Waals surface area (Å²) in [6, 6.07) is 10.5. The van der Waals surface area contributed by atoms with Crippen LogP contribution in [0.1, 0.15) is 43.7 Å². The van der Waals surface area contributed by atoms with Crippen LogP contribution in [0.25, 0.3) is 6.08 Å². The first-order valence-corrected chi connectivity index (χ1v) is 12.2. The average molecular weight is 523 g/mol. The SMILES string of the molecule is C/C(=C\CC/C(=C/CC/C(=C/Cc1cc(O)ccc1O)C(=O)O)CO)COC(=O)/C=C/c1ccc(O)cc1. The lowest BCUT2D eigenvalue weighted by atomic mass is 10.0. The number of carboxylic acid groups (broad SMARTS) is 1. The third-order valence-electron chi connectivity index (χ3n) is 5.66. The summed E-state index contributed by atoms with van der Waals surface area (Å²) in [5.74, 6) is -1.42. The molecule has 0 fully saturated rings. The number of carboxylic acids is 1. The summed E-state index contributed by atoms with van der Waals surface area (Å²) in [6.07, 6.45) is 10.2. The molecule has 38 heavy (non-hydrogen) atoms. The van der Waals surface area contributed by atoms with Crippen molar-refractivity contribution < 1.29 is 39.9 Å². The highest BCUT2D eigenvalue weighted by Gasteiger charge is 2.08. The van der Waals surface area contributed by atoms with Crippen LogP contribution in [0.15, 0.2) is 83.5 Å². The Morgan fingerprint density at radius 2 is 1.58 bits per heavy atom. The number of phenolic OH excluding ortho intramolecular Hbond substituents is 3. The monoisotopic (exact) mass is 522 g/mol. The van der Waals surface area contributed by atoms with Gasteiger partial charge in [-0.1, -0.05) is 30.4 Å². The minimum atomic E-state index is -1.06. The van der Waals surface area contributed by atoms with Crippen molar-refractivity contribution in [2.45, 2.75) is 39.0 Å². The Morgan fingerprint density at radius 3 is 2.26 bits per heavy atom. The largest absolute Gasteiger partial charge is 0.508 e. The zero-order valence-electron chi connectivity index (χ0n) is 21.3. The van der Waals surface area contributed by atoms with Crippen molar-refractivity contribution in [2.75, 3.05) is 13.2 Å². The fourth-order valence-electron chi connectivity index (χ4n) is 3.49. The molecule has 0 saturated heterocycles. The van der Waals surface area contributed by atoms with Gasteiger partial charge in [-0.3, -0.25) is 0 Å². The van der Waals surface area contributed by atoms with Gasteiger partial charge in [0.15, 0.2) is 0 Å². The first-order chi connectivity index (χ1) is 18.2. The van der Waals surface area contributed by atoms with E-state index in [2.05, 4.69) is 0 Å². The molecular formula is C30H34O8. The zero-order chi connectivity index (χ0) is 27.9. The van der Waals surface area contributed by atoms with E-state index in [-0.39, 0.29) is 48.9 Å². The van der Waals surface area contributed by atoms with Gasteiger partial charge in [0.25, 0.3) is 0 Å². The molecule has 0 radical (unpaired) electrons. The molecule has 0 unspecified atom stereocenters. The van der Waals surface area contributed by atoms with Gasteiger partial charge in [-0.2, -0.15) is 0 Å².